The number of anilines is 1. The van der Waals surface area contributed by atoms with E-state index in [2.05, 4.69) is 15.7 Å². The predicted octanol–water partition coefficient (Wildman–Crippen LogP) is 4.45. The van der Waals surface area contributed by atoms with E-state index in [0.29, 0.717) is 16.8 Å². The molecule has 4 rings (SSSR count). The van der Waals surface area contributed by atoms with Crippen LogP contribution in [0.1, 0.15) is 36.7 Å². The Kier molecular flexibility index (Phi) is 6.86. The number of rotatable bonds is 6. The molecule has 1 heterocycles. The molecule has 4 aromatic rings. The fraction of sp³-hybridized carbons (Fsp3) is 0.192. The van der Waals surface area contributed by atoms with Crippen molar-refractivity contribution < 1.29 is 19.1 Å². The van der Waals surface area contributed by atoms with Crippen LogP contribution in [0.25, 0.3) is 16.7 Å². The summed E-state index contributed by atoms with van der Waals surface area (Å²) in [6.45, 7) is 4.76. The number of nitrogens with one attached hydrogen (secondary N) is 1. The van der Waals surface area contributed by atoms with Gasteiger partial charge >= 0.3 is 6.09 Å². The Labute approximate surface area is 202 Å². The molecule has 0 aliphatic heterocycles. The van der Waals surface area contributed by atoms with E-state index in [4.69, 9.17) is 4.74 Å². The molecule has 0 unspecified atom stereocenters. The SMILES string of the molecule is CC(=O)N(NC(=O)OCc1ccccc1-n1nnc2ccccc21)c1ccccc1C(=O)C(C)C. The quantitative estimate of drug-likeness (QED) is 0.329. The minimum Gasteiger partial charge on any atom is -0.443 e. The normalized spacial score (nSPS) is 10.9. The molecule has 0 fully saturated rings. The Morgan fingerprint density at radius 2 is 1.66 bits per heavy atom. The third-order valence-electron chi connectivity index (χ3n) is 5.38. The summed E-state index contributed by atoms with van der Waals surface area (Å²) >= 11 is 0. The fourth-order valence-corrected chi connectivity index (χ4v) is 3.65. The van der Waals surface area contributed by atoms with Gasteiger partial charge in [0.15, 0.2) is 5.78 Å². The van der Waals surface area contributed by atoms with Crippen LogP contribution in [-0.2, 0) is 16.1 Å². The molecule has 0 radical (unpaired) electrons. The number of nitrogens with zero attached hydrogens (tertiary/aromatic N) is 4. The second-order valence-electron chi connectivity index (χ2n) is 8.20. The Bertz CT molecular complexity index is 1400. The molecule has 0 saturated heterocycles. The molecule has 9 heteroatoms. The standard InChI is InChI=1S/C26H25N5O4/c1-17(2)25(33)20-11-5-8-14-23(20)30(18(3)32)28-26(34)35-16-19-10-4-7-13-22(19)31-24-15-9-6-12-21(24)27-29-31/h4-15,17H,16H2,1-3H3,(H,28,34). The van der Waals surface area contributed by atoms with Crippen molar-refractivity contribution in [2.75, 3.05) is 5.01 Å². The number of hydrogen-bond donors (Lipinski definition) is 1. The molecule has 0 aliphatic rings. The van der Waals surface area contributed by atoms with E-state index in [1.807, 2.05) is 48.5 Å². The first-order valence-electron chi connectivity index (χ1n) is 11.1. The molecule has 2 amide bonds. The molecule has 3 aromatic carbocycles. The first-order valence-corrected chi connectivity index (χ1v) is 11.1. The second-order valence-corrected chi connectivity index (χ2v) is 8.20. The average molecular weight is 472 g/mol. The zero-order valence-corrected chi connectivity index (χ0v) is 19.6. The number of carbonyl (C=O) groups is 3. The van der Waals surface area contributed by atoms with Crippen LogP contribution in [0.15, 0.2) is 72.8 Å². The summed E-state index contributed by atoms with van der Waals surface area (Å²) in [5.74, 6) is -0.891. The number of aromatic nitrogens is 3. The van der Waals surface area contributed by atoms with Gasteiger partial charge in [0.25, 0.3) is 0 Å². The van der Waals surface area contributed by atoms with Crippen LogP contribution in [0.5, 0.6) is 0 Å². The maximum atomic E-state index is 12.7. The van der Waals surface area contributed by atoms with Crippen molar-refractivity contribution in [3.63, 3.8) is 0 Å². The van der Waals surface area contributed by atoms with Crippen molar-refractivity contribution in [1.82, 2.24) is 20.4 Å². The molecule has 0 aliphatic carbocycles. The lowest BCUT2D eigenvalue weighted by atomic mass is 9.99. The zero-order valence-electron chi connectivity index (χ0n) is 19.6. The van der Waals surface area contributed by atoms with E-state index >= 15 is 0 Å². The van der Waals surface area contributed by atoms with Gasteiger partial charge in [0, 0.05) is 24.0 Å². The lowest BCUT2D eigenvalue weighted by Crippen LogP contribution is -2.46. The summed E-state index contributed by atoms with van der Waals surface area (Å²) < 4.78 is 7.12. The first kappa shape index (κ1) is 23.6. The van der Waals surface area contributed by atoms with Crippen LogP contribution in [0.3, 0.4) is 0 Å². The molecule has 178 valence electrons. The number of ether oxygens (including phenoxy) is 1. The van der Waals surface area contributed by atoms with Gasteiger partial charge < -0.3 is 4.74 Å². The summed E-state index contributed by atoms with van der Waals surface area (Å²) in [5, 5.41) is 9.43. The van der Waals surface area contributed by atoms with Crippen molar-refractivity contribution in [2.45, 2.75) is 27.4 Å². The van der Waals surface area contributed by atoms with Gasteiger partial charge in [-0.1, -0.05) is 61.5 Å². The lowest BCUT2D eigenvalue weighted by Gasteiger charge is -2.24. The van der Waals surface area contributed by atoms with Crippen molar-refractivity contribution in [1.29, 1.82) is 0 Å². The highest BCUT2D eigenvalue weighted by Crippen LogP contribution is 2.23. The van der Waals surface area contributed by atoms with Crippen LogP contribution in [0.2, 0.25) is 0 Å². The minimum atomic E-state index is -0.842. The van der Waals surface area contributed by atoms with Crippen LogP contribution >= 0.6 is 0 Å². The summed E-state index contributed by atoms with van der Waals surface area (Å²) in [4.78, 5) is 37.7. The molecule has 35 heavy (non-hydrogen) atoms. The van der Waals surface area contributed by atoms with E-state index in [9.17, 15) is 14.4 Å². The molecule has 1 aromatic heterocycles. The van der Waals surface area contributed by atoms with E-state index in [0.717, 1.165) is 16.0 Å². The third-order valence-corrected chi connectivity index (χ3v) is 5.38. The van der Waals surface area contributed by atoms with E-state index < -0.39 is 12.0 Å². The van der Waals surface area contributed by atoms with Crippen LogP contribution in [0.4, 0.5) is 10.5 Å². The lowest BCUT2D eigenvalue weighted by molar-refractivity contribution is -0.117. The molecule has 1 N–H and O–H groups in total. The second kappa shape index (κ2) is 10.2. The van der Waals surface area contributed by atoms with Gasteiger partial charge in [-0.2, -0.15) is 0 Å². The summed E-state index contributed by atoms with van der Waals surface area (Å²) in [6, 6.07) is 21.5. The number of hydrazine groups is 1. The third kappa shape index (κ3) is 5.03. The van der Waals surface area contributed by atoms with Crippen molar-refractivity contribution in [3.8, 4) is 5.69 Å². The Balaban J connectivity index is 1.53. The number of Topliss-reactive ketones (excluding diaryl/α,β-unsaturated/α-hetero) is 1. The van der Waals surface area contributed by atoms with Gasteiger partial charge in [0.05, 0.1) is 16.9 Å². The minimum absolute atomic E-state index is 0.0749. The number of para-hydroxylation sites is 3. The molecular weight excluding hydrogens is 446 g/mol. The topological polar surface area (TPSA) is 106 Å². The van der Waals surface area contributed by atoms with Gasteiger partial charge in [-0.3, -0.25) is 9.59 Å². The highest BCUT2D eigenvalue weighted by atomic mass is 16.6. The van der Waals surface area contributed by atoms with E-state index in [-0.39, 0.29) is 24.0 Å². The van der Waals surface area contributed by atoms with Gasteiger partial charge in [-0.15, -0.1) is 5.10 Å². The first-order chi connectivity index (χ1) is 16.9. The monoisotopic (exact) mass is 471 g/mol. The average Bonchev–Trinajstić information content (AvgIpc) is 3.29. The fourth-order valence-electron chi connectivity index (χ4n) is 3.65. The highest BCUT2D eigenvalue weighted by molar-refractivity contribution is 6.06. The van der Waals surface area contributed by atoms with Crippen LogP contribution in [-0.4, -0.2) is 32.8 Å². The number of fused-ring (bicyclic) bond motifs is 1. The summed E-state index contributed by atoms with van der Waals surface area (Å²) in [6.07, 6.45) is -0.842. The van der Waals surface area contributed by atoms with Gasteiger partial charge in [-0.25, -0.2) is 19.9 Å². The van der Waals surface area contributed by atoms with Crippen molar-refractivity contribution >= 4 is 34.5 Å². The summed E-state index contributed by atoms with van der Waals surface area (Å²) in [5.41, 5.74) is 6.05. The molecular formula is C26H25N5O4. The Morgan fingerprint density at radius 3 is 2.43 bits per heavy atom. The Hall–Kier alpha value is -4.53. The predicted molar refractivity (Wildman–Crippen MR) is 131 cm³/mol. The molecule has 9 nitrogen and oxygen atoms in total. The summed E-state index contributed by atoms with van der Waals surface area (Å²) in [7, 11) is 0. The largest absolute Gasteiger partial charge is 0.443 e. The number of ketones is 1. The molecule has 0 bridgehead atoms. The number of carbonyl (C=O) groups excluding carboxylic acids is 3. The molecule has 0 spiro atoms. The highest BCUT2D eigenvalue weighted by Gasteiger charge is 2.23. The maximum Gasteiger partial charge on any atom is 0.426 e. The number of hydrogen-bond acceptors (Lipinski definition) is 6. The Morgan fingerprint density at radius 1 is 0.971 bits per heavy atom. The molecule has 0 atom stereocenters. The van der Waals surface area contributed by atoms with E-state index in [1.165, 1.54) is 6.92 Å². The zero-order chi connectivity index (χ0) is 24.9. The molecule has 0 saturated carbocycles. The number of benzene rings is 3. The smallest absolute Gasteiger partial charge is 0.426 e. The van der Waals surface area contributed by atoms with E-state index in [1.54, 1.807) is 42.8 Å². The van der Waals surface area contributed by atoms with Gasteiger partial charge in [-0.05, 0) is 30.3 Å². The van der Waals surface area contributed by atoms with Crippen molar-refractivity contribution in [2.24, 2.45) is 5.92 Å². The maximum absolute atomic E-state index is 12.7. The number of amides is 2. The van der Waals surface area contributed by atoms with Crippen LogP contribution < -0.4 is 10.4 Å². The van der Waals surface area contributed by atoms with Crippen LogP contribution in [0, 0.1) is 5.92 Å². The van der Waals surface area contributed by atoms with Gasteiger partial charge in [0.1, 0.15) is 12.1 Å². The van der Waals surface area contributed by atoms with Crippen molar-refractivity contribution in [3.05, 3.63) is 83.9 Å². The van der Waals surface area contributed by atoms with Gasteiger partial charge in [0.2, 0.25) is 5.91 Å².